The molecule has 7 rings (SSSR count). The van der Waals surface area contributed by atoms with Crippen LogP contribution < -0.4 is 29.1 Å². The van der Waals surface area contributed by atoms with Gasteiger partial charge in [-0.2, -0.15) is 0 Å². The van der Waals surface area contributed by atoms with Crippen LogP contribution in [0.25, 0.3) is 16.7 Å². The minimum atomic E-state index is -1.21. The van der Waals surface area contributed by atoms with Crippen molar-refractivity contribution in [2.45, 2.75) is 18.9 Å². The standard InChI is InChI=1S/C40H33NO10/c1-47-34-14-10-24-26(19-31(34)44)30(11-5-20-15-35(48-2)38(49-3)39(50-4)36(20)24)41-21-6-9-25(27(16-21)40(45)46)37-28-17-22(42)7-12-32(28)51-33-13-8-23(43)18-29(33)37/h6-10,12-19,30,42-43H,5,11H2,1-4H3,(H,45,46). The first-order valence-electron chi connectivity index (χ1n) is 16.0. The van der Waals surface area contributed by atoms with Crippen molar-refractivity contribution in [1.82, 2.24) is 0 Å². The van der Waals surface area contributed by atoms with Crippen molar-refractivity contribution in [3.05, 3.63) is 123 Å². The molecule has 0 aromatic heterocycles. The first-order valence-corrected chi connectivity index (χ1v) is 16.0. The Morgan fingerprint density at radius 1 is 0.784 bits per heavy atom. The number of phenolic OH excluding ortho intramolecular Hbond substituents is 2. The highest BCUT2D eigenvalue weighted by Crippen LogP contribution is 2.52. The lowest BCUT2D eigenvalue weighted by Crippen LogP contribution is -2.14. The molecule has 1 aliphatic heterocycles. The molecule has 0 amide bonds. The normalized spacial score (nSPS) is 16.4. The van der Waals surface area contributed by atoms with Crippen LogP contribution >= 0.6 is 0 Å². The SMILES string of the molecule is COc1cc2c(c(OC)c1OC)-c1ccc(OC)c(=O)cc1C(N=C1C=CC(=C3c4cc(O)ccc4Oc4ccc(O)cc43)C(C(=O)O)=C1)CC2. The van der Waals surface area contributed by atoms with Crippen molar-refractivity contribution in [2.24, 2.45) is 4.99 Å². The molecule has 0 saturated carbocycles. The van der Waals surface area contributed by atoms with Crippen LogP contribution in [0.4, 0.5) is 0 Å². The fourth-order valence-corrected chi connectivity index (χ4v) is 6.93. The van der Waals surface area contributed by atoms with E-state index >= 15 is 0 Å². The molecule has 51 heavy (non-hydrogen) atoms. The van der Waals surface area contributed by atoms with Crippen LogP contribution in [0.3, 0.4) is 0 Å². The molecular formula is C40H33NO10. The number of aliphatic imine (C=N–C) groups is 1. The number of aryl methyl sites for hydroxylation is 1. The van der Waals surface area contributed by atoms with Gasteiger partial charge in [-0.3, -0.25) is 9.79 Å². The lowest BCUT2D eigenvalue weighted by molar-refractivity contribution is -0.132. The number of carboxylic acid groups (broad SMARTS) is 1. The molecule has 0 spiro atoms. The van der Waals surface area contributed by atoms with Crippen molar-refractivity contribution in [3.63, 3.8) is 0 Å². The Hall–Kier alpha value is -6.49. The zero-order valence-corrected chi connectivity index (χ0v) is 28.1. The van der Waals surface area contributed by atoms with Gasteiger partial charge in [0.05, 0.1) is 45.8 Å². The lowest BCUT2D eigenvalue weighted by atomic mass is 9.84. The number of benzene rings is 3. The Labute approximate surface area is 292 Å². The highest BCUT2D eigenvalue weighted by Gasteiger charge is 2.32. The first-order chi connectivity index (χ1) is 24.6. The topological polar surface area (TPSA) is 153 Å². The highest BCUT2D eigenvalue weighted by molar-refractivity contribution is 6.15. The molecule has 0 saturated heterocycles. The summed E-state index contributed by atoms with van der Waals surface area (Å²) in [5.41, 5.74) is 4.56. The van der Waals surface area contributed by atoms with Gasteiger partial charge in [0.15, 0.2) is 17.2 Å². The quantitative estimate of drug-likeness (QED) is 0.174. The molecule has 258 valence electrons. The van der Waals surface area contributed by atoms with Gasteiger partial charge in [-0.25, -0.2) is 4.79 Å². The zero-order chi connectivity index (χ0) is 36.0. The maximum atomic E-state index is 13.4. The summed E-state index contributed by atoms with van der Waals surface area (Å²) in [6, 6.07) is 15.4. The third kappa shape index (κ3) is 5.72. The van der Waals surface area contributed by atoms with E-state index < -0.39 is 12.0 Å². The summed E-state index contributed by atoms with van der Waals surface area (Å²) in [5.74, 6) is 1.03. The molecule has 0 fully saturated rings. The van der Waals surface area contributed by atoms with Crippen LogP contribution in [-0.2, 0) is 11.2 Å². The van der Waals surface area contributed by atoms with E-state index in [0.717, 1.165) is 11.1 Å². The van der Waals surface area contributed by atoms with E-state index in [1.165, 1.54) is 57.7 Å². The molecule has 4 aromatic rings. The summed E-state index contributed by atoms with van der Waals surface area (Å²) in [6.45, 7) is 0. The Bertz CT molecular complexity index is 2260. The average Bonchev–Trinajstić information content (AvgIpc) is 3.37. The Kier molecular flexibility index (Phi) is 8.48. The van der Waals surface area contributed by atoms with Crippen molar-refractivity contribution in [3.8, 4) is 57.1 Å². The molecule has 11 heteroatoms. The van der Waals surface area contributed by atoms with Crippen LogP contribution in [0.2, 0.25) is 0 Å². The highest BCUT2D eigenvalue weighted by atomic mass is 16.5. The van der Waals surface area contributed by atoms with Gasteiger partial charge in [0.2, 0.25) is 11.2 Å². The van der Waals surface area contributed by atoms with Crippen molar-refractivity contribution in [2.75, 3.05) is 28.4 Å². The molecule has 2 aliphatic carbocycles. The third-order valence-corrected chi connectivity index (χ3v) is 9.18. The number of methoxy groups -OCH3 is 4. The van der Waals surface area contributed by atoms with Gasteiger partial charge in [-0.1, -0.05) is 12.1 Å². The number of carbonyl (C=O) groups is 1. The molecule has 0 radical (unpaired) electrons. The minimum Gasteiger partial charge on any atom is -0.508 e. The Morgan fingerprint density at radius 2 is 1.45 bits per heavy atom. The molecule has 11 nitrogen and oxygen atoms in total. The summed E-state index contributed by atoms with van der Waals surface area (Å²) >= 11 is 0. The molecular weight excluding hydrogens is 654 g/mol. The number of ether oxygens (including phenoxy) is 5. The van der Waals surface area contributed by atoms with Gasteiger partial charge in [-0.05, 0) is 102 Å². The number of allylic oxidation sites excluding steroid dienone is 3. The number of aromatic hydroxyl groups is 2. The van der Waals surface area contributed by atoms with Crippen LogP contribution in [-0.4, -0.2) is 55.4 Å². The van der Waals surface area contributed by atoms with E-state index in [9.17, 15) is 24.9 Å². The van der Waals surface area contributed by atoms with Crippen LogP contribution in [0.15, 0.2) is 99.8 Å². The third-order valence-electron chi connectivity index (χ3n) is 9.18. The van der Waals surface area contributed by atoms with Gasteiger partial charge in [0.1, 0.15) is 23.0 Å². The summed E-state index contributed by atoms with van der Waals surface area (Å²) in [6.07, 6.45) is 5.83. The average molecular weight is 688 g/mol. The first kappa shape index (κ1) is 33.0. The Balaban J connectivity index is 1.42. The van der Waals surface area contributed by atoms with Gasteiger partial charge in [0.25, 0.3) is 0 Å². The van der Waals surface area contributed by atoms with E-state index in [1.807, 2.05) is 6.07 Å². The predicted octanol–water partition coefficient (Wildman–Crippen LogP) is 6.78. The number of rotatable bonds is 6. The Morgan fingerprint density at radius 3 is 2.06 bits per heavy atom. The van der Waals surface area contributed by atoms with Gasteiger partial charge in [-0.15, -0.1) is 0 Å². The van der Waals surface area contributed by atoms with E-state index in [2.05, 4.69) is 0 Å². The fourth-order valence-electron chi connectivity index (χ4n) is 6.93. The van der Waals surface area contributed by atoms with E-state index in [1.54, 1.807) is 43.5 Å². The minimum absolute atomic E-state index is 0.0376. The molecule has 0 bridgehead atoms. The number of hydrogen-bond acceptors (Lipinski definition) is 10. The largest absolute Gasteiger partial charge is 0.508 e. The molecule has 1 atom stereocenters. The lowest BCUT2D eigenvalue weighted by Gasteiger charge is -2.26. The summed E-state index contributed by atoms with van der Waals surface area (Å²) in [4.78, 5) is 31.4. The number of hydrogen-bond donors (Lipinski definition) is 3. The van der Waals surface area contributed by atoms with E-state index in [4.69, 9.17) is 28.7 Å². The summed E-state index contributed by atoms with van der Waals surface area (Å²) in [7, 11) is 6.04. The predicted molar refractivity (Wildman–Crippen MR) is 190 cm³/mol. The van der Waals surface area contributed by atoms with Gasteiger partial charge in [0, 0.05) is 22.3 Å². The van der Waals surface area contributed by atoms with Gasteiger partial charge >= 0.3 is 5.97 Å². The molecule has 3 N–H and O–H groups in total. The molecule has 3 aliphatic rings. The maximum absolute atomic E-state index is 13.4. The second-order valence-electron chi connectivity index (χ2n) is 12.0. The van der Waals surface area contributed by atoms with Crippen molar-refractivity contribution >= 4 is 17.3 Å². The van der Waals surface area contributed by atoms with E-state index in [-0.39, 0.29) is 28.3 Å². The summed E-state index contributed by atoms with van der Waals surface area (Å²) in [5, 5.41) is 31.3. The second kappa shape index (κ2) is 13.1. The van der Waals surface area contributed by atoms with Crippen molar-refractivity contribution in [1.29, 1.82) is 0 Å². The zero-order valence-electron chi connectivity index (χ0n) is 28.1. The number of fused-ring (bicyclic) bond motifs is 5. The van der Waals surface area contributed by atoms with Crippen LogP contribution in [0.5, 0.6) is 46.0 Å². The maximum Gasteiger partial charge on any atom is 0.336 e. The monoisotopic (exact) mass is 687 g/mol. The van der Waals surface area contributed by atoms with Gasteiger partial charge < -0.3 is 39.0 Å². The number of nitrogens with zero attached hydrogens (tertiary/aromatic N) is 1. The molecule has 4 aromatic carbocycles. The number of phenols is 2. The smallest absolute Gasteiger partial charge is 0.336 e. The van der Waals surface area contributed by atoms with Crippen LogP contribution in [0, 0.1) is 0 Å². The van der Waals surface area contributed by atoms with Crippen molar-refractivity contribution < 1.29 is 43.8 Å². The number of carboxylic acids is 1. The fraction of sp³-hybridized carbons (Fsp3) is 0.175. The summed E-state index contributed by atoms with van der Waals surface area (Å²) < 4.78 is 28.6. The molecule has 1 unspecified atom stereocenters. The van der Waals surface area contributed by atoms with Crippen LogP contribution in [0.1, 0.15) is 34.7 Å². The second-order valence-corrected chi connectivity index (χ2v) is 12.0. The molecule has 1 heterocycles. The number of aliphatic carboxylic acids is 1. The van der Waals surface area contributed by atoms with E-state index in [0.29, 0.717) is 80.7 Å².